The Hall–Kier alpha value is -0.0800. The van der Waals surface area contributed by atoms with Crippen LogP contribution in [0, 0.1) is 0 Å². The van der Waals surface area contributed by atoms with Crippen LogP contribution in [-0.2, 0) is 0 Å². The largest absolute Gasteiger partial charge is 0.317 e. The second-order valence-electron chi connectivity index (χ2n) is 6.13. The van der Waals surface area contributed by atoms with Crippen molar-refractivity contribution in [2.45, 2.75) is 77.6 Å². The first kappa shape index (κ1) is 17.0. The van der Waals surface area contributed by atoms with Gasteiger partial charge in [-0.05, 0) is 58.4 Å². The van der Waals surface area contributed by atoms with Gasteiger partial charge in [0.25, 0.3) is 0 Å². The minimum absolute atomic E-state index is 1.22. The predicted octanol–water partition coefficient (Wildman–Crippen LogP) is 4.20. The molecule has 2 heteroatoms. The van der Waals surface area contributed by atoms with Crippen molar-refractivity contribution in [3.05, 3.63) is 0 Å². The number of hydrogen-bond acceptors (Lipinski definition) is 2. The molecular weight excluding hydrogens is 232 g/mol. The van der Waals surface area contributed by atoms with Crippen LogP contribution in [0.3, 0.4) is 0 Å². The summed E-state index contributed by atoms with van der Waals surface area (Å²) >= 11 is 0. The lowest BCUT2D eigenvalue weighted by atomic mass is 10.1. The molecule has 1 N–H and O–H groups in total. The lowest BCUT2D eigenvalue weighted by Gasteiger charge is -2.14. The summed E-state index contributed by atoms with van der Waals surface area (Å²) in [5, 5.41) is 3.59. The maximum atomic E-state index is 3.59. The zero-order valence-corrected chi connectivity index (χ0v) is 13.3. The molecule has 0 aliphatic carbocycles. The van der Waals surface area contributed by atoms with E-state index in [2.05, 4.69) is 17.1 Å². The Morgan fingerprint density at radius 2 is 1.32 bits per heavy atom. The Bertz CT molecular complexity index is 176. The maximum Gasteiger partial charge on any atom is -0.000664 e. The molecule has 0 aromatic heterocycles. The van der Waals surface area contributed by atoms with Crippen molar-refractivity contribution < 1.29 is 0 Å². The Morgan fingerprint density at radius 1 is 0.737 bits per heavy atom. The van der Waals surface area contributed by atoms with E-state index in [4.69, 9.17) is 0 Å². The normalized spacial score (nSPS) is 16.3. The highest BCUT2D eigenvalue weighted by Crippen LogP contribution is 2.08. The van der Waals surface area contributed by atoms with Gasteiger partial charge in [-0.3, -0.25) is 0 Å². The average Bonchev–Trinajstić information content (AvgIpc) is 2.93. The fourth-order valence-corrected chi connectivity index (χ4v) is 2.94. The van der Waals surface area contributed by atoms with Crippen molar-refractivity contribution in [2.75, 3.05) is 32.7 Å². The molecule has 1 heterocycles. The third-order valence-corrected chi connectivity index (χ3v) is 4.23. The van der Waals surface area contributed by atoms with E-state index in [-0.39, 0.29) is 0 Å². The molecule has 1 aliphatic rings. The monoisotopic (exact) mass is 268 g/mol. The van der Waals surface area contributed by atoms with Gasteiger partial charge < -0.3 is 10.2 Å². The van der Waals surface area contributed by atoms with E-state index in [1.54, 1.807) is 0 Å². The molecule has 0 radical (unpaired) electrons. The molecule has 0 amide bonds. The molecule has 0 saturated carbocycles. The highest BCUT2D eigenvalue weighted by atomic mass is 15.1. The molecule has 0 aromatic rings. The summed E-state index contributed by atoms with van der Waals surface area (Å²) in [5.74, 6) is 0. The Balaban J connectivity index is 1.67. The van der Waals surface area contributed by atoms with Crippen LogP contribution in [0.15, 0.2) is 0 Å². The quantitative estimate of drug-likeness (QED) is 0.504. The van der Waals surface area contributed by atoms with Crippen LogP contribution < -0.4 is 5.32 Å². The number of nitrogens with one attached hydrogen (secondary N) is 1. The third kappa shape index (κ3) is 10.4. The van der Waals surface area contributed by atoms with Crippen molar-refractivity contribution in [3.8, 4) is 0 Å². The average molecular weight is 268 g/mol. The van der Waals surface area contributed by atoms with Gasteiger partial charge in [0.15, 0.2) is 0 Å². The zero-order chi connectivity index (χ0) is 13.6. The summed E-state index contributed by atoms with van der Waals surface area (Å²) in [5.41, 5.74) is 0. The van der Waals surface area contributed by atoms with E-state index >= 15 is 0 Å². The Labute approximate surface area is 121 Å². The van der Waals surface area contributed by atoms with E-state index in [1.165, 1.54) is 103 Å². The molecule has 0 atom stereocenters. The highest BCUT2D eigenvalue weighted by Gasteiger charge is 2.09. The van der Waals surface area contributed by atoms with Crippen molar-refractivity contribution in [1.29, 1.82) is 0 Å². The molecule has 1 rings (SSSR count). The molecular formula is C17H36N2. The topological polar surface area (TPSA) is 15.3 Å². The van der Waals surface area contributed by atoms with Gasteiger partial charge in [-0.25, -0.2) is 0 Å². The third-order valence-electron chi connectivity index (χ3n) is 4.23. The molecule has 0 bridgehead atoms. The predicted molar refractivity (Wildman–Crippen MR) is 85.8 cm³/mol. The Kier molecular flexibility index (Phi) is 11.5. The molecule has 1 saturated heterocycles. The second-order valence-corrected chi connectivity index (χ2v) is 6.13. The first-order valence-electron chi connectivity index (χ1n) is 8.86. The standard InChI is InChI=1S/C17H36N2/c1-2-3-4-5-6-7-8-9-13-18-14-12-17-19-15-10-11-16-19/h18H,2-17H2,1H3. The minimum atomic E-state index is 1.22. The number of rotatable bonds is 13. The van der Waals surface area contributed by atoms with Gasteiger partial charge in [0.05, 0.1) is 0 Å². The zero-order valence-electron chi connectivity index (χ0n) is 13.3. The van der Waals surface area contributed by atoms with Gasteiger partial charge in [-0.1, -0.05) is 51.9 Å². The number of hydrogen-bond donors (Lipinski definition) is 1. The summed E-state index contributed by atoms with van der Waals surface area (Å²) in [4.78, 5) is 2.61. The lowest BCUT2D eigenvalue weighted by Crippen LogP contribution is -2.25. The Morgan fingerprint density at radius 3 is 2.00 bits per heavy atom. The highest BCUT2D eigenvalue weighted by molar-refractivity contribution is 4.66. The van der Waals surface area contributed by atoms with Crippen LogP contribution >= 0.6 is 0 Å². The number of unbranched alkanes of at least 4 members (excludes halogenated alkanes) is 7. The second kappa shape index (κ2) is 12.9. The van der Waals surface area contributed by atoms with E-state index in [0.29, 0.717) is 0 Å². The summed E-state index contributed by atoms with van der Waals surface area (Å²) < 4.78 is 0. The molecule has 1 aliphatic heterocycles. The van der Waals surface area contributed by atoms with Gasteiger partial charge in [0.1, 0.15) is 0 Å². The lowest BCUT2D eigenvalue weighted by molar-refractivity contribution is 0.331. The summed E-state index contributed by atoms with van der Waals surface area (Å²) in [6, 6.07) is 0. The van der Waals surface area contributed by atoms with Crippen LogP contribution in [-0.4, -0.2) is 37.6 Å². The van der Waals surface area contributed by atoms with E-state index in [9.17, 15) is 0 Å². The molecule has 0 unspecified atom stereocenters. The maximum absolute atomic E-state index is 3.59. The van der Waals surface area contributed by atoms with Crippen LogP contribution in [0.5, 0.6) is 0 Å². The summed E-state index contributed by atoms with van der Waals surface area (Å²) in [7, 11) is 0. The van der Waals surface area contributed by atoms with Gasteiger partial charge in [-0.2, -0.15) is 0 Å². The smallest absolute Gasteiger partial charge is 0.000664 e. The van der Waals surface area contributed by atoms with E-state index in [0.717, 1.165) is 0 Å². The van der Waals surface area contributed by atoms with E-state index in [1.807, 2.05) is 0 Å². The SMILES string of the molecule is CCCCCCCCCCNCCCN1CCCC1. The summed E-state index contributed by atoms with van der Waals surface area (Å²) in [6.45, 7) is 8.73. The minimum Gasteiger partial charge on any atom is -0.317 e. The van der Waals surface area contributed by atoms with Gasteiger partial charge in [-0.15, -0.1) is 0 Å². The van der Waals surface area contributed by atoms with E-state index < -0.39 is 0 Å². The molecule has 1 fully saturated rings. The van der Waals surface area contributed by atoms with Crippen LogP contribution in [0.1, 0.15) is 77.6 Å². The fourth-order valence-electron chi connectivity index (χ4n) is 2.94. The van der Waals surface area contributed by atoms with Crippen molar-refractivity contribution >= 4 is 0 Å². The van der Waals surface area contributed by atoms with Crippen LogP contribution in [0.4, 0.5) is 0 Å². The molecule has 0 aromatic carbocycles. The number of likely N-dealkylation sites (tertiary alicyclic amines) is 1. The first-order valence-corrected chi connectivity index (χ1v) is 8.86. The van der Waals surface area contributed by atoms with Crippen molar-refractivity contribution in [2.24, 2.45) is 0 Å². The fraction of sp³-hybridized carbons (Fsp3) is 1.00. The van der Waals surface area contributed by atoms with Crippen molar-refractivity contribution in [1.82, 2.24) is 10.2 Å². The first-order chi connectivity index (χ1) is 9.43. The van der Waals surface area contributed by atoms with Crippen molar-refractivity contribution in [3.63, 3.8) is 0 Å². The van der Waals surface area contributed by atoms with Crippen LogP contribution in [0.25, 0.3) is 0 Å². The molecule has 114 valence electrons. The van der Waals surface area contributed by atoms with Gasteiger partial charge in [0, 0.05) is 0 Å². The van der Waals surface area contributed by atoms with Gasteiger partial charge >= 0.3 is 0 Å². The molecule has 0 spiro atoms. The molecule has 2 nitrogen and oxygen atoms in total. The van der Waals surface area contributed by atoms with Gasteiger partial charge in [0.2, 0.25) is 0 Å². The van der Waals surface area contributed by atoms with Crippen LogP contribution in [0.2, 0.25) is 0 Å². The number of nitrogens with zero attached hydrogens (tertiary/aromatic N) is 1. The summed E-state index contributed by atoms with van der Waals surface area (Å²) in [6.07, 6.45) is 15.6. The molecule has 19 heavy (non-hydrogen) atoms.